The average Bonchev–Trinajstić information content (AvgIpc) is 3.15. The number of carbonyl (C=O) groups excluding carboxylic acids is 1. The summed E-state index contributed by atoms with van der Waals surface area (Å²) in [4.78, 5) is 11.7. The highest BCUT2D eigenvalue weighted by atomic mass is 28.4. The predicted molar refractivity (Wildman–Crippen MR) is 172 cm³/mol. The minimum Gasteiger partial charge on any atom is -0.410 e. The molecule has 3 saturated carbocycles. The lowest BCUT2D eigenvalue weighted by atomic mass is 9.61. The maximum atomic E-state index is 11.7. The Bertz CT molecular complexity index is 935. The van der Waals surface area contributed by atoms with Gasteiger partial charge in [-0.3, -0.25) is 0 Å². The summed E-state index contributed by atoms with van der Waals surface area (Å²) in [5, 5.41) is 0.299. The Morgan fingerprint density at radius 2 is 1.44 bits per heavy atom. The zero-order valence-corrected chi connectivity index (χ0v) is 29.5. The third kappa shape index (κ3) is 6.84. The lowest BCUT2D eigenvalue weighted by Crippen LogP contribution is -2.49. The fourth-order valence-corrected chi connectivity index (χ4v) is 9.53. The van der Waals surface area contributed by atoms with Crippen molar-refractivity contribution in [2.45, 2.75) is 149 Å². The van der Waals surface area contributed by atoms with Gasteiger partial charge in [-0.1, -0.05) is 85.3 Å². The van der Waals surface area contributed by atoms with E-state index in [2.05, 4.69) is 100 Å². The maximum absolute atomic E-state index is 11.7. The highest BCUT2D eigenvalue weighted by Gasteiger charge is 2.51. The van der Waals surface area contributed by atoms with Gasteiger partial charge >= 0.3 is 0 Å². The number of rotatable bonds is 7. The molecule has 3 aliphatic carbocycles. The van der Waals surface area contributed by atoms with Crippen LogP contribution in [0.1, 0.15) is 100 Å². The first-order valence-corrected chi connectivity index (χ1v) is 21.4. The van der Waals surface area contributed by atoms with Gasteiger partial charge in [-0.25, -0.2) is 0 Å². The Hall–Kier alpha value is -0.756. The Balaban J connectivity index is 1.92. The van der Waals surface area contributed by atoms with E-state index in [4.69, 9.17) is 8.85 Å². The highest BCUT2D eigenvalue weighted by Crippen LogP contribution is 2.59. The van der Waals surface area contributed by atoms with E-state index in [1.807, 2.05) is 0 Å². The van der Waals surface area contributed by atoms with E-state index < -0.39 is 16.6 Å². The van der Waals surface area contributed by atoms with Crippen LogP contribution in [0.5, 0.6) is 0 Å². The van der Waals surface area contributed by atoms with Crippen molar-refractivity contribution in [3.05, 3.63) is 35.5 Å². The van der Waals surface area contributed by atoms with E-state index in [0.29, 0.717) is 11.8 Å². The molecule has 0 radical (unpaired) electrons. The van der Waals surface area contributed by atoms with E-state index in [1.165, 1.54) is 44.0 Å². The molecule has 0 aliphatic heterocycles. The summed E-state index contributed by atoms with van der Waals surface area (Å²) in [7, 11) is -3.94. The highest BCUT2D eigenvalue weighted by molar-refractivity contribution is 6.74. The quantitative estimate of drug-likeness (QED) is 0.173. The molecule has 0 bridgehead atoms. The van der Waals surface area contributed by atoms with Gasteiger partial charge in [0.05, 0.1) is 12.2 Å². The summed E-state index contributed by atoms with van der Waals surface area (Å²) in [5.74, 6) is 1.27. The van der Waals surface area contributed by atoms with Crippen LogP contribution in [0.15, 0.2) is 35.5 Å². The zero-order chi connectivity index (χ0) is 29.6. The van der Waals surface area contributed by atoms with Gasteiger partial charge in [0.15, 0.2) is 16.6 Å². The number of allylic oxidation sites excluding steroid dienone is 3. The molecule has 0 spiro atoms. The molecule has 6 atom stereocenters. The molecule has 0 N–H and O–H groups in total. The van der Waals surface area contributed by atoms with E-state index >= 15 is 0 Å². The number of fused-ring (bicyclic) bond motifs is 1. The lowest BCUT2D eigenvalue weighted by Gasteiger charge is -2.46. The molecular formula is C34H60O3Si2. The number of aldehydes is 1. The summed E-state index contributed by atoms with van der Waals surface area (Å²) in [6.45, 7) is 32.5. The molecule has 0 aromatic carbocycles. The van der Waals surface area contributed by atoms with E-state index in [9.17, 15) is 4.79 Å². The molecule has 0 saturated heterocycles. The fourth-order valence-electron chi connectivity index (χ4n) is 6.93. The van der Waals surface area contributed by atoms with Crippen molar-refractivity contribution in [1.82, 2.24) is 0 Å². The van der Waals surface area contributed by atoms with Crippen LogP contribution >= 0.6 is 0 Å². The first-order valence-electron chi connectivity index (χ1n) is 15.6. The van der Waals surface area contributed by atoms with Gasteiger partial charge in [-0.15, -0.1) is 0 Å². The van der Waals surface area contributed by atoms with Crippen molar-refractivity contribution in [2.75, 3.05) is 0 Å². The first kappa shape index (κ1) is 32.8. The Morgan fingerprint density at radius 1 is 0.923 bits per heavy atom. The Kier molecular flexibility index (Phi) is 9.65. The summed E-state index contributed by atoms with van der Waals surface area (Å²) in [5.41, 5.74) is 4.43. The summed E-state index contributed by atoms with van der Waals surface area (Å²) < 4.78 is 14.1. The van der Waals surface area contributed by atoms with Gasteiger partial charge in [0.2, 0.25) is 0 Å². The second-order valence-electron chi connectivity index (χ2n) is 16.4. The molecule has 222 valence electrons. The summed E-state index contributed by atoms with van der Waals surface area (Å²) in [6.07, 6.45) is 14.0. The second-order valence-corrected chi connectivity index (χ2v) is 25.9. The van der Waals surface area contributed by atoms with Gasteiger partial charge in [-0.05, 0) is 104 Å². The molecule has 39 heavy (non-hydrogen) atoms. The van der Waals surface area contributed by atoms with Crippen LogP contribution in [0, 0.1) is 23.2 Å². The Morgan fingerprint density at radius 3 is 1.90 bits per heavy atom. The predicted octanol–water partition coefficient (Wildman–Crippen LogP) is 10.0. The smallest absolute Gasteiger partial charge is 0.192 e. The van der Waals surface area contributed by atoms with Crippen LogP contribution in [0.25, 0.3) is 0 Å². The average molecular weight is 573 g/mol. The van der Waals surface area contributed by atoms with Gasteiger partial charge in [-0.2, -0.15) is 0 Å². The van der Waals surface area contributed by atoms with Gasteiger partial charge in [0.25, 0.3) is 0 Å². The van der Waals surface area contributed by atoms with Gasteiger partial charge < -0.3 is 13.6 Å². The molecule has 0 aromatic heterocycles. The summed E-state index contributed by atoms with van der Waals surface area (Å²) >= 11 is 0. The van der Waals surface area contributed by atoms with E-state index in [1.54, 1.807) is 5.57 Å². The van der Waals surface area contributed by atoms with Crippen LogP contribution in [0.4, 0.5) is 0 Å². The molecule has 0 aromatic rings. The molecule has 3 aliphatic rings. The normalized spacial score (nSPS) is 32.8. The third-order valence-electron chi connectivity index (χ3n) is 11.6. The van der Waals surface area contributed by atoms with Crippen molar-refractivity contribution in [2.24, 2.45) is 23.2 Å². The van der Waals surface area contributed by atoms with Crippen molar-refractivity contribution in [3.63, 3.8) is 0 Å². The minimum atomic E-state index is -1.97. The lowest BCUT2D eigenvalue weighted by molar-refractivity contribution is -0.113. The first-order chi connectivity index (χ1) is 17.7. The van der Waals surface area contributed by atoms with E-state index in [-0.39, 0.29) is 33.6 Å². The van der Waals surface area contributed by atoms with Crippen LogP contribution in [-0.4, -0.2) is 35.1 Å². The standard InChI is InChI=1S/C34H60O3Si2/c1-24(23-35)28-18-19-29-27(15-14-20-34(28,29)9)17-16-26-21-30(36-38(10,11)32(3,4)5)25(2)31(22-26)37-39(12,13)33(6,7)8/h16-17,23-24,28-31H,2,14-15,18-22H2,1,3-13H3/b26-16?,27-17+/t24-,28-,29+,30?,31?,34-/m1/s1. The molecule has 3 fully saturated rings. The third-order valence-corrected chi connectivity index (χ3v) is 20.6. The van der Waals surface area contributed by atoms with Crippen LogP contribution in [-0.2, 0) is 13.6 Å². The molecule has 5 heteroatoms. The summed E-state index contributed by atoms with van der Waals surface area (Å²) in [6, 6.07) is 0. The molecule has 0 amide bonds. The van der Waals surface area contributed by atoms with E-state index in [0.717, 1.165) is 18.4 Å². The fraction of sp³-hybridized carbons (Fsp3) is 0.794. The van der Waals surface area contributed by atoms with Crippen LogP contribution in [0.3, 0.4) is 0 Å². The van der Waals surface area contributed by atoms with Gasteiger partial charge in [0, 0.05) is 5.92 Å². The van der Waals surface area contributed by atoms with Crippen molar-refractivity contribution < 1.29 is 13.6 Å². The molecule has 3 rings (SSSR count). The zero-order valence-electron chi connectivity index (χ0n) is 27.5. The topological polar surface area (TPSA) is 35.5 Å². The molecule has 0 heterocycles. The van der Waals surface area contributed by atoms with Crippen molar-refractivity contribution in [1.29, 1.82) is 0 Å². The minimum absolute atomic E-state index is 0.0139. The largest absolute Gasteiger partial charge is 0.410 e. The SMILES string of the molecule is C=C1C(O[Si](C)(C)C(C)(C)C)CC(=C/C=C2\CCC[C@]3(C)[C@@H]([C@H](C)C=O)CC[C@@H]23)CC1O[Si](C)(C)C(C)(C)C. The molecule has 2 unspecified atom stereocenters. The van der Waals surface area contributed by atoms with Crippen LogP contribution < -0.4 is 0 Å². The number of carbonyl (C=O) groups is 1. The monoisotopic (exact) mass is 572 g/mol. The number of hydrogen-bond donors (Lipinski definition) is 0. The van der Waals surface area contributed by atoms with Gasteiger partial charge in [0.1, 0.15) is 6.29 Å². The molecule has 3 nitrogen and oxygen atoms in total. The second kappa shape index (κ2) is 11.5. The maximum Gasteiger partial charge on any atom is 0.192 e. The van der Waals surface area contributed by atoms with Crippen LogP contribution in [0.2, 0.25) is 36.3 Å². The molecular weight excluding hydrogens is 513 g/mol. The Labute approximate surface area is 243 Å². The van der Waals surface area contributed by atoms with Crippen molar-refractivity contribution in [3.8, 4) is 0 Å². The van der Waals surface area contributed by atoms with Crippen molar-refractivity contribution >= 4 is 22.9 Å². The number of hydrogen-bond acceptors (Lipinski definition) is 3.